The Kier molecular flexibility index (Phi) is 7.77. The van der Waals surface area contributed by atoms with Crippen LogP contribution in [0.25, 0.3) is 23.2 Å². The fourth-order valence-corrected chi connectivity index (χ4v) is 4.97. The molecule has 0 fully saturated rings. The van der Waals surface area contributed by atoms with Crippen LogP contribution < -0.4 is 0 Å². The highest BCUT2D eigenvalue weighted by Gasteiger charge is 2.15. The SMILES string of the molecule is CCOC(=O)c1ccc2c(c1)nc(SCc1ccc(C=Cc3ccccc3)cc1)n2Cc1ccccn1. The van der Waals surface area contributed by atoms with Gasteiger partial charge in [0.1, 0.15) is 0 Å². The summed E-state index contributed by atoms with van der Waals surface area (Å²) in [5.41, 5.74) is 6.74. The third-order valence-corrected chi connectivity index (χ3v) is 6.93. The molecule has 3 aromatic carbocycles. The van der Waals surface area contributed by atoms with E-state index in [1.54, 1.807) is 37.0 Å². The average Bonchev–Trinajstić information content (AvgIpc) is 3.29. The summed E-state index contributed by atoms with van der Waals surface area (Å²) in [6.45, 7) is 2.74. The van der Waals surface area contributed by atoms with Gasteiger partial charge in [0.2, 0.25) is 0 Å². The van der Waals surface area contributed by atoms with Gasteiger partial charge in [-0.3, -0.25) is 4.98 Å². The predicted octanol–water partition coefficient (Wildman–Crippen LogP) is 7.12. The third kappa shape index (κ3) is 6.16. The van der Waals surface area contributed by atoms with Gasteiger partial charge in [0.25, 0.3) is 0 Å². The van der Waals surface area contributed by atoms with Gasteiger partial charge >= 0.3 is 5.97 Å². The van der Waals surface area contributed by atoms with E-state index in [2.05, 4.69) is 58.1 Å². The smallest absolute Gasteiger partial charge is 0.338 e. The molecular weight excluding hydrogens is 478 g/mol. The second kappa shape index (κ2) is 11.7. The molecule has 184 valence electrons. The molecule has 5 aromatic rings. The van der Waals surface area contributed by atoms with Crippen LogP contribution in [0.15, 0.2) is 102 Å². The Morgan fingerprint density at radius 2 is 1.68 bits per heavy atom. The van der Waals surface area contributed by atoms with Crippen LogP contribution in [0.4, 0.5) is 0 Å². The third-order valence-electron chi connectivity index (χ3n) is 5.89. The molecule has 0 radical (unpaired) electrons. The summed E-state index contributed by atoms with van der Waals surface area (Å²) < 4.78 is 7.33. The Hall–Kier alpha value is -4.16. The number of hydrogen-bond acceptors (Lipinski definition) is 5. The van der Waals surface area contributed by atoms with Crippen LogP contribution in [0, 0.1) is 0 Å². The summed E-state index contributed by atoms with van der Waals surface area (Å²) in [5, 5.41) is 0.884. The highest BCUT2D eigenvalue weighted by atomic mass is 32.2. The first-order chi connectivity index (χ1) is 18.2. The molecule has 5 nitrogen and oxygen atoms in total. The van der Waals surface area contributed by atoms with Crippen LogP contribution >= 0.6 is 11.8 Å². The Labute approximate surface area is 220 Å². The zero-order valence-electron chi connectivity index (χ0n) is 20.6. The molecule has 0 unspecified atom stereocenters. The number of thioether (sulfide) groups is 1. The van der Waals surface area contributed by atoms with Crippen molar-refractivity contribution < 1.29 is 9.53 Å². The maximum atomic E-state index is 12.3. The lowest BCUT2D eigenvalue weighted by Crippen LogP contribution is -2.05. The van der Waals surface area contributed by atoms with E-state index in [4.69, 9.17) is 9.72 Å². The van der Waals surface area contributed by atoms with Crippen molar-refractivity contribution in [1.82, 2.24) is 14.5 Å². The van der Waals surface area contributed by atoms with Crippen molar-refractivity contribution in [1.29, 1.82) is 0 Å². The number of rotatable bonds is 9. The van der Waals surface area contributed by atoms with Crippen LogP contribution in [-0.4, -0.2) is 27.1 Å². The minimum absolute atomic E-state index is 0.334. The lowest BCUT2D eigenvalue weighted by atomic mass is 10.1. The van der Waals surface area contributed by atoms with Crippen molar-refractivity contribution in [2.24, 2.45) is 0 Å². The second-order valence-electron chi connectivity index (χ2n) is 8.50. The molecule has 2 heterocycles. The molecule has 0 aliphatic heterocycles. The van der Waals surface area contributed by atoms with Crippen molar-refractivity contribution in [3.05, 3.63) is 125 Å². The quantitative estimate of drug-likeness (QED) is 0.121. The molecule has 0 spiro atoms. The number of ether oxygens (including phenoxy) is 1. The van der Waals surface area contributed by atoms with Crippen LogP contribution in [0.5, 0.6) is 0 Å². The van der Waals surface area contributed by atoms with Crippen LogP contribution in [0.1, 0.15) is 39.7 Å². The monoisotopic (exact) mass is 505 g/mol. The normalized spacial score (nSPS) is 11.3. The van der Waals surface area contributed by atoms with Gasteiger partial charge in [0.15, 0.2) is 5.16 Å². The Balaban J connectivity index is 1.36. The van der Waals surface area contributed by atoms with Gasteiger partial charge in [-0.05, 0) is 53.9 Å². The molecular formula is C31H27N3O2S. The molecule has 0 amide bonds. The molecule has 0 aliphatic carbocycles. The summed E-state index contributed by atoms with van der Waals surface area (Å²) in [6.07, 6.45) is 6.04. The maximum Gasteiger partial charge on any atom is 0.338 e. The number of pyridine rings is 1. The van der Waals surface area contributed by atoms with Crippen LogP contribution in [-0.2, 0) is 17.0 Å². The van der Waals surface area contributed by atoms with Crippen LogP contribution in [0.2, 0.25) is 0 Å². The summed E-state index contributed by atoms with van der Waals surface area (Å²) >= 11 is 1.68. The summed E-state index contributed by atoms with van der Waals surface area (Å²) in [6, 6.07) is 30.3. The fourth-order valence-electron chi connectivity index (χ4n) is 4.00. The minimum atomic E-state index is -0.334. The molecule has 5 rings (SSSR count). The van der Waals surface area contributed by atoms with Gasteiger partial charge in [-0.25, -0.2) is 9.78 Å². The van der Waals surface area contributed by atoms with Crippen molar-refractivity contribution in [2.75, 3.05) is 6.61 Å². The Morgan fingerprint density at radius 1 is 0.919 bits per heavy atom. The first-order valence-electron chi connectivity index (χ1n) is 12.2. The summed E-state index contributed by atoms with van der Waals surface area (Å²) in [7, 11) is 0. The van der Waals surface area contributed by atoms with Gasteiger partial charge in [-0.1, -0.05) is 84.6 Å². The topological polar surface area (TPSA) is 57.0 Å². The first-order valence-corrected chi connectivity index (χ1v) is 13.2. The van der Waals surface area contributed by atoms with Crippen LogP contribution in [0.3, 0.4) is 0 Å². The zero-order valence-corrected chi connectivity index (χ0v) is 21.4. The standard InChI is InChI=1S/C31H27N3O2S/c1-2-36-30(35)26-17-18-29-28(20-26)33-31(34(29)21-27-10-6-7-19-32-27)37-22-25-15-13-24(14-16-25)12-11-23-8-4-3-5-9-23/h3-20H,2,21-22H2,1H3. The van der Waals surface area contributed by atoms with E-state index in [9.17, 15) is 4.79 Å². The lowest BCUT2D eigenvalue weighted by Gasteiger charge is -2.09. The number of benzene rings is 3. The summed E-state index contributed by atoms with van der Waals surface area (Å²) in [5.74, 6) is 0.443. The number of carbonyl (C=O) groups is 1. The maximum absolute atomic E-state index is 12.3. The van der Waals surface area contributed by atoms with Crippen molar-refractivity contribution in [2.45, 2.75) is 24.4 Å². The van der Waals surface area contributed by atoms with Gasteiger partial charge < -0.3 is 9.30 Å². The zero-order chi connectivity index (χ0) is 25.5. The molecule has 0 saturated carbocycles. The average molecular weight is 506 g/mol. The molecule has 2 aromatic heterocycles. The second-order valence-corrected chi connectivity index (χ2v) is 9.44. The number of aromatic nitrogens is 3. The van der Waals surface area contributed by atoms with E-state index < -0.39 is 0 Å². The molecule has 0 N–H and O–H groups in total. The minimum Gasteiger partial charge on any atom is -0.462 e. The van der Waals surface area contributed by atoms with E-state index in [1.165, 1.54) is 11.1 Å². The number of imidazole rings is 1. The highest BCUT2D eigenvalue weighted by molar-refractivity contribution is 7.98. The molecule has 6 heteroatoms. The lowest BCUT2D eigenvalue weighted by molar-refractivity contribution is 0.0526. The molecule has 0 bridgehead atoms. The van der Waals surface area contributed by atoms with Gasteiger partial charge in [-0.2, -0.15) is 0 Å². The number of esters is 1. The number of fused-ring (bicyclic) bond motifs is 1. The molecule has 37 heavy (non-hydrogen) atoms. The molecule has 0 atom stereocenters. The van der Waals surface area contributed by atoms with E-state index in [-0.39, 0.29) is 5.97 Å². The number of nitrogens with zero attached hydrogens (tertiary/aromatic N) is 3. The number of hydrogen-bond donors (Lipinski definition) is 0. The van der Waals surface area contributed by atoms with Crippen molar-refractivity contribution >= 4 is 40.9 Å². The fraction of sp³-hybridized carbons (Fsp3) is 0.129. The first kappa shape index (κ1) is 24.5. The largest absolute Gasteiger partial charge is 0.462 e. The Morgan fingerprint density at radius 3 is 2.41 bits per heavy atom. The molecule has 0 saturated heterocycles. The number of carbonyl (C=O) groups excluding carboxylic acids is 1. The van der Waals surface area contributed by atoms with E-state index in [0.29, 0.717) is 18.7 Å². The highest BCUT2D eigenvalue weighted by Crippen LogP contribution is 2.28. The van der Waals surface area contributed by atoms with Gasteiger partial charge in [-0.15, -0.1) is 0 Å². The summed E-state index contributed by atoms with van der Waals surface area (Å²) in [4.78, 5) is 21.6. The van der Waals surface area contributed by atoms with E-state index >= 15 is 0 Å². The van der Waals surface area contributed by atoms with Crippen molar-refractivity contribution in [3.63, 3.8) is 0 Å². The molecule has 0 aliphatic rings. The van der Waals surface area contributed by atoms with E-state index in [0.717, 1.165) is 33.2 Å². The van der Waals surface area contributed by atoms with E-state index in [1.807, 2.05) is 42.5 Å². The predicted molar refractivity (Wildman–Crippen MR) is 150 cm³/mol. The van der Waals surface area contributed by atoms with Gasteiger partial charge in [0, 0.05) is 11.9 Å². The van der Waals surface area contributed by atoms with Gasteiger partial charge in [0.05, 0.1) is 35.4 Å². The van der Waals surface area contributed by atoms with Crippen molar-refractivity contribution in [3.8, 4) is 0 Å². The Bertz CT molecular complexity index is 1510.